The molecule has 0 aromatic heterocycles. The Balaban J connectivity index is 2.28. The summed E-state index contributed by atoms with van der Waals surface area (Å²) in [7, 11) is 0. The molecule has 2 atom stereocenters. The molecular formula is C15H21FN2O2. The third-order valence-electron chi connectivity index (χ3n) is 3.93. The topological polar surface area (TPSA) is 52.6 Å². The number of nitrogens with zero attached hydrogens (tertiary/aromatic N) is 1. The molecule has 20 heavy (non-hydrogen) atoms. The minimum atomic E-state index is -0.909. The van der Waals surface area contributed by atoms with Crippen LogP contribution < -0.4 is 5.32 Å². The van der Waals surface area contributed by atoms with Crippen molar-refractivity contribution in [2.24, 2.45) is 0 Å². The molecule has 5 heteroatoms. The van der Waals surface area contributed by atoms with E-state index in [1.807, 2.05) is 13.8 Å². The molecule has 110 valence electrons. The summed E-state index contributed by atoms with van der Waals surface area (Å²) in [6.45, 7) is 5.25. The maximum Gasteiger partial charge on any atom is 0.407 e. The zero-order valence-electron chi connectivity index (χ0n) is 11.9. The van der Waals surface area contributed by atoms with Crippen LogP contribution in [-0.4, -0.2) is 35.2 Å². The molecule has 1 aromatic carbocycles. The van der Waals surface area contributed by atoms with E-state index in [-0.39, 0.29) is 11.9 Å². The number of likely N-dealkylation sites (tertiary alicyclic amines) is 1. The molecule has 1 amide bonds. The number of carbonyl (C=O) groups is 1. The van der Waals surface area contributed by atoms with Crippen molar-refractivity contribution in [3.63, 3.8) is 0 Å². The van der Waals surface area contributed by atoms with Crippen molar-refractivity contribution in [2.45, 2.75) is 38.8 Å². The smallest absolute Gasteiger partial charge is 0.407 e. The van der Waals surface area contributed by atoms with Crippen LogP contribution in [0.3, 0.4) is 0 Å². The van der Waals surface area contributed by atoms with Gasteiger partial charge in [-0.15, -0.1) is 0 Å². The predicted molar refractivity (Wildman–Crippen MR) is 75.3 cm³/mol. The molecule has 0 radical (unpaired) electrons. The maximum atomic E-state index is 13.2. The Hall–Kier alpha value is -1.62. The standard InChI is InChI=1S/C15H21FN2O2/c1-3-17-12-6-7-18(15(19)20)14(9-12)13-5-4-11(16)8-10(13)2/h4-5,8,12,14,17H,3,6-7,9H2,1-2H3,(H,19,20)/t12-,14+/m0/s1. The van der Waals surface area contributed by atoms with Crippen molar-refractivity contribution in [1.29, 1.82) is 0 Å². The van der Waals surface area contributed by atoms with E-state index >= 15 is 0 Å². The second-order valence-corrected chi connectivity index (χ2v) is 5.27. The summed E-state index contributed by atoms with van der Waals surface area (Å²) >= 11 is 0. The van der Waals surface area contributed by atoms with Crippen molar-refractivity contribution in [1.82, 2.24) is 10.2 Å². The molecule has 1 fully saturated rings. The van der Waals surface area contributed by atoms with Gasteiger partial charge in [-0.25, -0.2) is 9.18 Å². The molecule has 2 N–H and O–H groups in total. The fourth-order valence-corrected chi connectivity index (χ4v) is 2.98. The number of rotatable bonds is 3. The van der Waals surface area contributed by atoms with E-state index in [0.717, 1.165) is 30.5 Å². The fraction of sp³-hybridized carbons (Fsp3) is 0.533. The van der Waals surface area contributed by atoms with E-state index < -0.39 is 6.09 Å². The predicted octanol–water partition coefficient (Wildman–Crippen LogP) is 2.93. The Labute approximate surface area is 118 Å². The van der Waals surface area contributed by atoms with Crippen LogP contribution in [0.1, 0.15) is 36.9 Å². The van der Waals surface area contributed by atoms with Crippen molar-refractivity contribution in [2.75, 3.05) is 13.1 Å². The number of nitrogens with one attached hydrogen (secondary N) is 1. The number of piperidine rings is 1. The lowest BCUT2D eigenvalue weighted by atomic mass is 9.89. The molecule has 0 bridgehead atoms. The number of halogens is 1. The van der Waals surface area contributed by atoms with Crippen molar-refractivity contribution < 1.29 is 14.3 Å². The molecule has 1 aliphatic rings. The number of amides is 1. The van der Waals surface area contributed by atoms with Gasteiger partial charge in [0.25, 0.3) is 0 Å². The van der Waals surface area contributed by atoms with Crippen molar-refractivity contribution >= 4 is 6.09 Å². The summed E-state index contributed by atoms with van der Waals surface area (Å²) in [4.78, 5) is 12.9. The highest BCUT2D eigenvalue weighted by atomic mass is 19.1. The van der Waals surface area contributed by atoms with Gasteiger partial charge >= 0.3 is 6.09 Å². The number of carboxylic acid groups (broad SMARTS) is 1. The molecule has 1 saturated heterocycles. The Morgan fingerprint density at radius 3 is 2.90 bits per heavy atom. The second-order valence-electron chi connectivity index (χ2n) is 5.27. The van der Waals surface area contributed by atoms with Crippen LogP contribution in [-0.2, 0) is 0 Å². The largest absolute Gasteiger partial charge is 0.465 e. The second kappa shape index (κ2) is 6.22. The molecule has 0 aliphatic carbocycles. The quantitative estimate of drug-likeness (QED) is 0.895. The summed E-state index contributed by atoms with van der Waals surface area (Å²) in [5.41, 5.74) is 1.70. The van der Waals surface area contributed by atoms with Gasteiger partial charge in [-0.05, 0) is 49.6 Å². The van der Waals surface area contributed by atoms with Gasteiger partial charge in [0.05, 0.1) is 6.04 Å². The first-order chi connectivity index (χ1) is 9.52. The summed E-state index contributed by atoms with van der Waals surface area (Å²) in [6.07, 6.45) is 0.636. The lowest BCUT2D eigenvalue weighted by molar-refractivity contribution is 0.0964. The van der Waals surface area contributed by atoms with Gasteiger partial charge in [0.1, 0.15) is 5.82 Å². The molecule has 1 aromatic rings. The van der Waals surface area contributed by atoms with E-state index in [2.05, 4.69) is 5.32 Å². The zero-order chi connectivity index (χ0) is 14.7. The highest BCUT2D eigenvalue weighted by Gasteiger charge is 2.33. The van der Waals surface area contributed by atoms with E-state index in [1.54, 1.807) is 6.07 Å². The average Bonchev–Trinajstić information content (AvgIpc) is 2.38. The van der Waals surface area contributed by atoms with Crippen LogP contribution in [0.15, 0.2) is 18.2 Å². The molecule has 0 spiro atoms. The molecule has 1 aliphatic heterocycles. The lowest BCUT2D eigenvalue weighted by Crippen LogP contribution is -2.46. The number of benzene rings is 1. The minimum absolute atomic E-state index is 0.203. The first kappa shape index (κ1) is 14.8. The summed E-state index contributed by atoms with van der Waals surface area (Å²) in [5, 5.41) is 12.7. The van der Waals surface area contributed by atoms with E-state index in [0.29, 0.717) is 12.6 Å². The molecule has 0 unspecified atom stereocenters. The number of hydrogen-bond acceptors (Lipinski definition) is 2. The monoisotopic (exact) mass is 280 g/mol. The van der Waals surface area contributed by atoms with E-state index in [9.17, 15) is 14.3 Å². The highest BCUT2D eigenvalue weighted by molar-refractivity contribution is 5.66. The summed E-state index contributed by atoms with van der Waals surface area (Å²) in [6, 6.07) is 4.68. The van der Waals surface area contributed by atoms with Crippen LogP contribution in [0.5, 0.6) is 0 Å². The Bertz CT molecular complexity index is 493. The molecule has 0 saturated carbocycles. The Morgan fingerprint density at radius 1 is 1.55 bits per heavy atom. The lowest BCUT2D eigenvalue weighted by Gasteiger charge is -2.39. The normalized spacial score (nSPS) is 22.9. The highest BCUT2D eigenvalue weighted by Crippen LogP contribution is 2.33. The summed E-state index contributed by atoms with van der Waals surface area (Å²) in [5.74, 6) is -0.285. The summed E-state index contributed by atoms with van der Waals surface area (Å²) < 4.78 is 13.2. The third kappa shape index (κ3) is 3.10. The Kier molecular flexibility index (Phi) is 4.60. The Morgan fingerprint density at radius 2 is 2.30 bits per heavy atom. The third-order valence-corrected chi connectivity index (χ3v) is 3.93. The van der Waals surface area contributed by atoms with Crippen molar-refractivity contribution in [3.05, 3.63) is 35.1 Å². The molecule has 2 rings (SSSR count). The number of aryl methyl sites for hydroxylation is 1. The van der Waals surface area contributed by atoms with Gasteiger partial charge in [0.15, 0.2) is 0 Å². The zero-order valence-corrected chi connectivity index (χ0v) is 11.9. The van der Waals surface area contributed by atoms with Gasteiger partial charge in [-0.3, -0.25) is 0 Å². The SMILES string of the molecule is CCN[C@H]1CCN(C(=O)O)[C@@H](c2ccc(F)cc2C)C1. The van der Waals surface area contributed by atoms with Gasteiger partial charge < -0.3 is 15.3 Å². The fourth-order valence-electron chi connectivity index (χ4n) is 2.98. The van der Waals surface area contributed by atoms with Gasteiger partial charge in [0.2, 0.25) is 0 Å². The van der Waals surface area contributed by atoms with Crippen LogP contribution in [0.25, 0.3) is 0 Å². The van der Waals surface area contributed by atoms with Crippen LogP contribution >= 0.6 is 0 Å². The van der Waals surface area contributed by atoms with Gasteiger partial charge in [0, 0.05) is 12.6 Å². The average molecular weight is 280 g/mol. The molecule has 1 heterocycles. The number of hydrogen-bond donors (Lipinski definition) is 2. The minimum Gasteiger partial charge on any atom is -0.465 e. The van der Waals surface area contributed by atoms with E-state index in [4.69, 9.17) is 0 Å². The molecule has 4 nitrogen and oxygen atoms in total. The van der Waals surface area contributed by atoms with Crippen molar-refractivity contribution in [3.8, 4) is 0 Å². The van der Waals surface area contributed by atoms with Gasteiger partial charge in [-0.2, -0.15) is 0 Å². The molecular weight excluding hydrogens is 259 g/mol. The van der Waals surface area contributed by atoms with Crippen LogP contribution in [0, 0.1) is 12.7 Å². The van der Waals surface area contributed by atoms with Crippen LogP contribution in [0.4, 0.5) is 9.18 Å². The van der Waals surface area contributed by atoms with E-state index in [1.165, 1.54) is 17.0 Å². The maximum absolute atomic E-state index is 13.2. The first-order valence-corrected chi connectivity index (χ1v) is 7.02. The van der Waals surface area contributed by atoms with Crippen LogP contribution in [0.2, 0.25) is 0 Å². The first-order valence-electron chi connectivity index (χ1n) is 7.02. The van der Waals surface area contributed by atoms with Gasteiger partial charge in [-0.1, -0.05) is 13.0 Å².